The van der Waals surface area contributed by atoms with Gasteiger partial charge in [0.2, 0.25) is 5.91 Å². The van der Waals surface area contributed by atoms with Crippen molar-refractivity contribution in [2.24, 2.45) is 0 Å². The number of rotatable bonds is 8. The van der Waals surface area contributed by atoms with Crippen LogP contribution in [-0.2, 0) is 23.8 Å². The molecule has 1 fully saturated rings. The van der Waals surface area contributed by atoms with E-state index in [0.717, 1.165) is 22.3 Å². The van der Waals surface area contributed by atoms with Crippen molar-refractivity contribution >= 4 is 18.0 Å². The van der Waals surface area contributed by atoms with Gasteiger partial charge in [-0.05, 0) is 22.3 Å². The normalized spacial score (nSPS) is 18.0. The van der Waals surface area contributed by atoms with Crippen molar-refractivity contribution in [1.82, 2.24) is 10.2 Å². The van der Waals surface area contributed by atoms with Crippen LogP contribution in [0, 0.1) is 0 Å². The van der Waals surface area contributed by atoms with Crippen LogP contribution in [-0.4, -0.2) is 80.1 Å². The van der Waals surface area contributed by atoms with Crippen LogP contribution in [0.2, 0.25) is 0 Å². The van der Waals surface area contributed by atoms with Crippen molar-refractivity contribution in [1.29, 1.82) is 0 Å². The Morgan fingerprint density at radius 1 is 1.12 bits per heavy atom. The van der Waals surface area contributed by atoms with Crippen molar-refractivity contribution < 1.29 is 33.7 Å². The molecular weight excluding hydrogens is 440 g/mol. The van der Waals surface area contributed by atoms with Gasteiger partial charge in [-0.15, -0.1) is 0 Å². The quantitative estimate of drug-likeness (QED) is 0.611. The predicted octanol–water partition coefficient (Wildman–Crippen LogP) is 2.24. The van der Waals surface area contributed by atoms with Gasteiger partial charge in [0.1, 0.15) is 12.6 Å². The van der Waals surface area contributed by atoms with Crippen molar-refractivity contribution in [3.8, 4) is 11.1 Å². The highest BCUT2D eigenvalue weighted by Gasteiger charge is 2.37. The third kappa shape index (κ3) is 4.90. The van der Waals surface area contributed by atoms with E-state index in [1.54, 1.807) is 0 Å². The summed E-state index contributed by atoms with van der Waals surface area (Å²) in [6.07, 6.45) is -0.556. The van der Waals surface area contributed by atoms with E-state index in [-0.39, 0.29) is 45.3 Å². The van der Waals surface area contributed by atoms with Crippen LogP contribution >= 0.6 is 0 Å². The average Bonchev–Trinajstić information content (AvgIpc) is 3.18. The standard InChI is InChI=1S/C25H28N2O7/c1-32-12-10-21(23(28)27-11-13-33-15-22(27)24(29)30)26-25(31)34-14-20-18-8-4-2-6-16(18)17-7-3-5-9-19(17)20/h2-9,20-22H,10-15H2,1H3,(H,26,31)(H,29,30). The van der Waals surface area contributed by atoms with Crippen molar-refractivity contribution in [3.05, 3.63) is 59.7 Å². The van der Waals surface area contributed by atoms with E-state index in [0.29, 0.717) is 0 Å². The fourth-order valence-electron chi connectivity index (χ4n) is 4.55. The molecule has 1 aliphatic carbocycles. The van der Waals surface area contributed by atoms with E-state index in [4.69, 9.17) is 14.2 Å². The topological polar surface area (TPSA) is 114 Å². The van der Waals surface area contributed by atoms with Crippen LogP contribution in [0.1, 0.15) is 23.5 Å². The molecule has 0 bridgehead atoms. The fourth-order valence-corrected chi connectivity index (χ4v) is 4.55. The molecule has 2 N–H and O–H groups in total. The van der Waals surface area contributed by atoms with Gasteiger partial charge >= 0.3 is 12.1 Å². The number of aliphatic carboxylic acids is 1. The van der Waals surface area contributed by atoms with Gasteiger partial charge in [-0.2, -0.15) is 0 Å². The zero-order valence-corrected chi connectivity index (χ0v) is 18.9. The van der Waals surface area contributed by atoms with Crippen molar-refractivity contribution in [2.45, 2.75) is 24.4 Å². The van der Waals surface area contributed by atoms with E-state index in [2.05, 4.69) is 17.4 Å². The summed E-state index contributed by atoms with van der Waals surface area (Å²) in [6.45, 7) is 0.592. The zero-order valence-electron chi connectivity index (χ0n) is 18.9. The Hall–Kier alpha value is -3.43. The molecule has 2 aromatic carbocycles. The van der Waals surface area contributed by atoms with Crippen LogP contribution < -0.4 is 5.32 Å². The molecule has 0 radical (unpaired) electrons. The largest absolute Gasteiger partial charge is 0.480 e. The molecule has 2 aromatic rings. The number of amides is 2. The van der Waals surface area contributed by atoms with E-state index < -0.39 is 30.1 Å². The minimum atomic E-state index is -1.15. The number of carbonyl (C=O) groups excluding carboxylic acids is 2. The molecular formula is C25H28N2O7. The molecule has 4 rings (SSSR count). The molecule has 0 saturated carbocycles. The number of methoxy groups -OCH3 is 1. The second kappa shape index (κ2) is 10.7. The molecule has 2 aliphatic rings. The summed E-state index contributed by atoms with van der Waals surface area (Å²) >= 11 is 0. The summed E-state index contributed by atoms with van der Waals surface area (Å²) < 4.78 is 15.8. The second-order valence-electron chi connectivity index (χ2n) is 8.26. The maximum atomic E-state index is 13.1. The Labute approximate surface area is 197 Å². The first-order valence-corrected chi connectivity index (χ1v) is 11.2. The van der Waals surface area contributed by atoms with Gasteiger partial charge in [-0.3, -0.25) is 4.79 Å². The highest BCUT2D eigenvalue weighted by Crippen LogP contribution is 2.44. The summed E-state index contributed by atoms with van der Waals surface area (Å²) in [5.41, 5.74) is 4.40. The van der Waals surface area contributed by atoms with Gasteiger partial charge in [0.15, 0.2) is 6.04 Å². The SMILES string of the molecule is COCCC(NC(=O)OCC1c2ccccc2-c2ccccc21)C(=O)N1CCOCC1C(=O)O. The number of carboxylic acids is 1. The third-order valence-electron chi connectivity index (χ3n) is 6.24. The van der Waals surface area contributed by atoms with Gasteiger partial charge in [0.05, 0.1) is 13.2 Å². The number of fused-ring (bicyclic) bond motifs is 3. The molecule has 9 heteroatoms. The van der Waals surface area contributed by atoms with Crippen LogP contribution in [0.3, 0.4) is 0 Å². The van der Waals surface area contributed by atoms with Gasteiger partial charge in [0.25, 0.3) is 0 Å². The Morgan fingerprint density at radius 3 is 2.38 bits per heavy atom. The number of morpholine rings is 1. The summed E-state index contributed by atoms with van der Waals surface area (Å²) in [6, 6.07) is 13.9. The number of hydrogen-bond donors (Lipinski definition) is 2. The highest BCUT2D eigenvalue weighted by molar-refractivity contribution is 5.89. The average molecular weight is 469 g/mol. The first-order chi connectivity index (χ1) is 16.5. The summed E-state index contributed by atoms with van der Waals surface area (Å²) in [5, 5.41) is 12.1. The van der Waals surface area contributed by atoms with Gasteiger partial charge < -0.3 is 29.5 Å². The molecule has 180 valence electrons. The number of nitrogens with zero attached hydrogens (tertiary/aromatic N) is 1. The van der Waals surface area contributed by atoms with Crippen LogP contribution in [0.15, 0.2) is 48.5 Å². The lowest BCUT2D eigenvalue weighted by atomic mass is 9.98. The lowest BCUT2D eigenvalue weighted by Gasteiger charge is -2.35. The number of nitrogens with one attached hydrogen (secondary N) is 1. The van der Waals surface area contributed by atoms with E-state index in [9.17, 15) is 19.5 Å². The van der Waals surface area contributed by atoms with E-state index >= 15 is 0 Å². The highest BCUT2D eigenvalue weighted by atomic mass is 16.5. The first-order valence-electron chi connectivity index (χ1n) is 11.2. The molecule has 1 aliphatic heterocycles. The molecule has 0 spiro atoms. The molecule has 2 amide bonds. The Bertz CT molecular complexity index is 1010. The molecule has 34 heavy (non-hydrogen) atoms. The van der Waals surface area contributed by atoms with Gasteiger partial charge in [0, 0.05) is 32.6 Å². The van der Waals surface area contributed by atoms with Gasteiger partial charge in [-0.25, -0.2) is 9.59 Å². The zero-order chi connectivity index (χ0) is 24.1. The molecule has 2 unspecified atom stereocenters. The van der Waals surface area contributed by atoms with E-state index in [1.807, 2.05) is 36.4 Å². The Morgan fingerprint density at radius 2 is 1.76 bits per heavy atom. The fraction of sp³-hybridized carbons (Fsp3) is 0.400. The van der Waals surface area contributed by atoms with Crippen molar-refractivity contribution in [2.75, 3.05) is 40.1 Å². The molecule has 9 nitrogen and oxygen atoms in total. The summed E-state index contributed by atoms with van der Waals surface area (Å²) in [4.78, 5) is 38.6. The van der Waals surface area contributed by atoms with Gasteiger partial charge in [-0.1, -0.05) is 48.5 Å². The number of hydrogen-bond acceptors (Lipinski definition) is 6. The number of carbonyl (C=O) groups is 3. The maximum Gasteiger partial charge on any atom is 0.407 e. The third-order valence-corrected chi connectivity index (χ3v) is 6.24. The summed E-state index contributed by atoms with van der Waals surface area (Å²) in [5.74, 6) is -1.76. The second-order valence-corrected chi connectivity index (χ2v) is 8.26. The molecule has 2 atom stereocenters. The Kier molecular flexibility index (Phi) is 7.44. The molecule has 1 saturated heterocycles. The van der Waals surface area contributed by atoms with Crippen LogP contribution in [0.25, 0.3) is 11.1 Å². The summed E-state index contributed by atoms with van der Waals surface area (Å²) in [7, 11) is 1.49. The minimum absolute atomic E-state index is 0.0942. The number of alkyl carbamates (subject to hydrolysis) is 1. The number of benzene rings is 2. The first kappa shape index (κ1) is 23.7. The maximum absolute atomic E-state index is 13.1. The van der Waals surface area contributed by atoms with Crippen LogP contribution in [0.5, 0.6) is 0 Å². The number of ether oxygens (including phenoxy) is 3. The smallest absolute Gasteiger partial charge is 0.407 e. The predicted molar refractivity (Wildman–Crippen MR) is 122 cm³/mol. The lowest BCUT2D eigenvalue weighted by molar-refractivity contribution is -0.159. The molecule has 0 aromatic heterocycles. The van der Waals surface area contributed by atoms with Crippen molar-refractivity contribution in [3.63, 3.8) is 0 Å². The Balaban J connectivity index is 1.44. The monoisotopic (exact) mass is 468 g/mol. The minimum Gasteiger partial charge on any atom is -0.480 e. The van der Waals surface area contributed by atoms with Crippen LogP contribution in [0.4, 0.5) is 4.79 Å². The molecule has 1 heterocycles. The number of carboxylic acid groups (broad SMARTS) is 1. The van der Waals surface area contributed by atoms with E-state index in [1.165, 1.54) is 12.0 Å². The lowest BCUT2D eigenvalue weighted by Crippen LogP contribution is -2.58.